The van der Waals surface area contributed by atoms with Gasteiger partial charge < -0.3 is 21.9 Å². The predicted molar refractivity (Wildman–Crippen MR) is 75.6 cm³/mol. The van der Waals surface area contributed by atoms with E-state index in [0.717, 1.165) is 0 Å². The summed E-state index contributed by atoms with van der Waals surface area (Å²) in [6.45, 7) is -3.00. The molecular formula is C9H9Br2F2N5O. The third-order valence-corrected chi connectivity index (χ3v) is 2.74. The van der Waals surface area contributed by atoms with Gasteiger partial charge in [0.2, 0.25) is 5.96 Å². The van der Waals surface area contributed by atoms with Gasteiger partial charge in [-0.3, -0.25) is 0 Å². The van der Waals surface area contributed by atoms with E-state index in [-0.39, 0.29) is 23.4 Å². The van der Waals surface area contributed by atoms with Crippen molar-refractivity contribution in [1.82, 2.24) is 0 Å². The van der Waals surface area contributed by atoms with Crippen LogP contribution in [0.1, 0.15) is 0 Å². The molecule has 0 aliphatic heterocycles. The SMILES string of the molecule is NC(N)=NC(N)=Nc1c(Br)cc(Br)cc1OC(F)F. The third-order valence-electron chi connectivity index (χ3n) is 1.68. The number of halogens is 4. The molecule has 0 bridgehead atoms. The zero-order valence-corrected chi connectivity index (χ0v) is 12.5. The molecule has 19 heavy (non-hydrogen) atoms. The summed E-state index contributed by atoms with van der Waals surface area (Å²) in [6.07, 6.45) is 0. The van der Waals surface area contributed by atoms with Crippen LogP contribution in [0.15, 0.2) is 31.1 Å². The van der Waals surface area contributed by atoms with Crippen LogP contribution in [0.5, 0.6) is 5.75 Å². The summed E-state index contributed by atoms with van der Waals surface area (Å²) in [6, 6.07) is 2.90. The van der Waals surface area contributed by atoms with Crippen molar-refractivity contribution in [3.05, 3.63) is 21.1 Å². The number of ether oxygens (including phenoxy) is 1. The van der Waals surface area contributed by atoms with Crippen molar-refractivity contribution in [2.75, 3.05) is 0 Å². The molecule has 1 rings (SSSR count). The van der Waals surface area contributed by atoms with Crippen molar-refractivity contribution in [1.29, 1.82) is 0 Å². The minimum atomic E-state index is -3.00. The fourth-order valence-electron chi connectivity index (χ4n) is 1.11. The highest BCUT2D eigenvalue weighted by Crippen LogP contribution is 2.39. The number of alkyl halides is 2. The number of guanidine groups is 2. The molecule has 0 heterocycles. The molecule has 0 aliphatic carbocycles. The Hall–Kier alpha value is -1.42. The van der Waals surface area contributed by atoms with Gasteiger partial charge in [-0.15, -0.1) is 0 Å². The van der Waals surface area contributed by atoms with Crippen molar-refractivity contribution in [3.63, 3.8) is 0 Å². The summed E-state index contributed by atoms with van der Waals surface area (Å²) in [4.78, 5) is 7.29. The van der Waals surface area contributed by atoms with E-state index in [4.69, 9.17) is 17.2 Å². The quantitative estimate of drug-likeness (QED) is 0.532. The van der Waals surface area contributed by atoms with E-state index in [1.165, 1.54) is 6.07 Å². The van der Waals surface area contributed by atoms with Crippen LogP contribution < -0.4 is 21.9 Å². The summed E-state index contributed by atoms with van der Waals surface area (Å²) in [5.41, 5.74) is 15.7. The van der Waals surface area contributed by atoms with Crippen LogP contribution in [-0.4, -0.2) is 18.5 Å². The Kier molecular flexibility index (Phi) is 5.48. The monoisotopic (exact) mass is 399 g/mol. The van der Waals surface area contributed by atoms with Crippen LogP contribution in [-0.2, 0) is 0 Å². The number of nitrogens with two attached hydrogens (primary N) is 3. The Morgan fingerprint density at radius 3 is 2.37 bits per heavy atom. The minimum Gasteiger partial charge on any atom is -0.432 e. The first-order valence-corrected chi connectivity index (χ1v) is 6.26. The molecule has 0 aromatic heterocycles. The minimum absolute atomic E-state index is 0.0472. The van der Waals surface area contributed by atoms with Gasteiger partial charge in [-0.2, -0.15) is 13.8 Å². The lowest BCUT2D eigenvalue weighted by molar-refractivity contribution is -0.0495. The zero-order chi connectivity index (χ0) is 14.6. The number of aliphatic imine (C=N–C) groups is 2. The van der Waals surface area contributed by atoms with Crippen molar-refractivity contribution in [3.8, 4) is 5.75 Å². The molecule has 0 atom stereocenters. The van der Waals surface area contributed by atoms with E-state index < -0.39 is 6.61 Å². The topological polar surface area (TPSA) is 112 Å². The second-order valence-corrected chi connectivity index (χ2v) is 4.89. The molecule has 0 fully saturated rings. The normalized spacial score (nSPS) is 11.5. The Balaban J connectivity index is 3.28. The van der Waals surface area contributed by atoms with Gasteiger partial charge in [0.25, 0.3) is 0 Å². The highest BCUT2D eigenvalue weighted by Gasteiger charge is 2.14. The van der Waals surface area contributed by atoms with Gasteiger partial charge in [-0.1, -0.05) is 15.9 Å². The molecule has 1 aromatic rings. The molecule has 6 nitrogen and oxygen atoms in total. The van der Waals surface area contributed by atoms with Gasteiger partial charge in [0.05, 0.1) is 0 Å². The van der Waals surface area contributed by atoms with Gasteiger partial charge in [0.15, 0.2) is 11.7 Å². The maximum absolute atomic E-state index is 12.3. The Labute approximate surface area is 124 Å². The molecule has 10 heteroatoms. The molecule has 6 N–H and O–H groups in total. The van der Waals surface area contributed by atoms with Crippen LogP contribution >= 0.6 is 31.9 Å². The van der Waals surface area contributed by atoms with Crippen LogP contribution in [0, 0.1) is 0 Å². The predicted octanol–water partition coefficient (Wildman–Crippen LogP) is 2.03. The van der Waals surface area contributed by atoms with Gasteiger partial charge in [-0.25, -0.2) is 4.99 Å². The standard InChI is InChI=1S/C9H9Br2F2N5O/c10-3-1-4(11)6(5(2-3)19-7(12)13)17-9(16)18-8(14)15/h1-2,7H,(H6,14,15,16,17,18). The number of rotatable bonds is 3. The lowest BCUT2D eigenvalue weighted by atomic mass is 10.3. The molecule has 1 aromatic carbocycles. The summed E-state index contributed by atoms with van der Waals surface area (Å²) >= 11 is 6.30. The van der Waals surface area contributed by atoms with Crippen molar-refractivity contribution in [2.45, 2.75) is 6.61 Å². The third kappa shape index (κ3) is 4.99. The fraction of sp³-hybridized carbons (Fsp3) is 0.111. The summed E-state index contributed by atoms with van der Waals surface area (Å²) in [5.74, 6) is -0.766. The van der Waals surface area contributed by atoms with Crippen molar-refractivity contribution < 1.29 is 13.5 Å². The van der Waals surface area contributed by atoms with Crippen LogP contribution in [0.25, 0.3) is 0 Å². The van der Waals surface area contributed by atoms with Crippen LogP contribution in [0.2, 0.25) is 0 Å². The molecular weight excluding hydrogens is 392 g/mol. The second kappa shape index (κ2) is 6.66. The van der Waals surface area contributed by atoms with E-state index in [1.807, 2.05) is 0 Å². The van der Waals surface area contributed by atoms with E-state index in [0.29, 0.717) is 8.95 Å². The van der Waals surface area contributed by atoms with Crippen molar-refractivity contribution in [2.24, 2.45) is 27.2 Å². The molecule has 0 saturated heterocycles. The van der Waals surface area contributed by atoms with Gasteiger partial charge >= 0.3 is 6.61 Å². The van der Waals surface area contributed by atoms with E-state index in [2.05, 4.69) is 46.6 Å². The number of hydrogen-bond acceptors (Lipinski definition) is 2. The average Bonchev–Trinajstić information content (AvgIpc) is 2.21. The fourth-order valence-corrected chi connectivity index (χ4v) is 2.38. The highest BCUT2D eigenvalue weighted by atomic mass is 79.9. The molecule has 0 radical (unpaired) electrons. The first-order chi connectivity index (χ1) is 8.79. The number of nitrogens with zero attached hydrogens (tertiary/aromatic N) is 2. The van der Waals surface area contributed by atoms with E-state index >= 15 is 0 Å². The Morgan fingerprint density at radius 1 is 1.21 bits per heavy atom. The first-order valence-electron chi connectivity index (χ1n) is 4.67. The summed E-state index contributed by atoms with van der Waals surface area (Å²) in [7, 11) is 0. The maximum atomic E-state index is 12.3. The van der Waals surface area contributed by atoms with Crippen molar-refractivity contribution >= 4 is 49.5 Å². The van der Waals surface area contributed by atoms with E-state index in [1.54, 1.807) is 6.07 Å². The number of hydrogen-bond donors (Lipinski definition) is 3. The average molecular weight is 401 g/mol. The van der Waals surface area contributed by atoms with Gasteiger partial charge in [-0.05, 0) is 28.1 Å². The lowest BCUT2D eigenvalue weighted by Crippen LogP contribution is -2.26. The molecule has 104 valence electrons. The first kappa shape index (κ1) is 15.6. The smallest absolute Gasteiger partial charge is 0.387 e. The Bertz CT molecular complexity index is 532. The molecule has 0 unspecified atom stereocenters. The number of benzene rings is 1. The highest BCUT2D eigenvalue weighted by molar-refractivity contribution is 9.11. The maximum Gasteiger partial charge on any atom is 0.387 e. The van der Waals surface area contributed by atoms with E-state index in [9.17, 15) is 8.78 Å². The van der Waals surface area contributed by atoms with Gasteiger partial charge in [0, 0.05) is 8.95 Å². The van der Waals surface area contributed by atoms with Crippen LogP contribution in [0.3, 0.4) is 0 Å². The molecule has 0 saturated carbocycles. The van der Waals surface area contributed by atoms with Crippen LogP contribution in [0.4, 0.5) is 14.5 Å². The summed E-state index contributed by atoms with van der Waals surface area (Å²) < 4.78 is 29.9. The molecule has 0 spiro atoms. The molecule has 0 amide bonds. The lowest BCUT2D eigenvalue weighted by Gasteiger charge is -2.10. The van der Waals surface area contributed by atoms with Gasteiger partial charge in [0.1, 0.15) is 5.69 Å². The zero-order valence-electron chi connectivity index (χ0n) is 9.28. The largest absolute Gasteiger partial charge is 0.432 e. The Morgan fingerprint density at radius 2 is 1.84 bits per heavy atom. The second-order valence-electron chi connectivity index (χ2n) is 3.12. The summed E-state index contributed by atoms with van der Waals surface area (Å²) in [5, 5.41) is 0. The molecule has 0 aliphatic rings.